The SMILES string of the molecule is CCOC(=O)CNc1cc2c(cc1[N+](=O)[O-])OCC(=O)N2. The van der Waals surface area contributed by atoms with Crippen molar-refractivity contribution < 1.29 is 24.0 Å². The van der Waals surface area contributed by atoms with Crippen LogP contribution in [0, 0.1) is 10.1 Å². The van der Waals surface area contributed by atoms with Crippen LogP contribution >= 0.6 is 0 Å². The molecule has 0 bridgehead atoms. The largest absolute Gasteiger partial charge is 0.481 e. The van der Waals surface area contributed by atoms with Gasteiger partial charge >= 0.3 is 5.97 Å². The zero-order valence-electron chi connectivity index (χ0n) is 11.2. The van der Waals surface area contributed by atoms with Gasteiger partial charge in [0, 0.05) is 0 Å². The fourth-order valence-corrected chi connectivity index (χ4v) is 1.79. The van der Waals surface area contributed by atoms with Crippen molar-refractivity contribution in [2.75, 3.05) is 30.4 Å². The number of fused-ring (bicyclic) bond motifs is 1. The summed E-state index contributed by atoms with van der Waals surface area (Å²) in [4.78, 5) is 33.0. The van der Waals surface area contributed by atoms with Crippen LogP contribution in [0.2, 0.25) is 0 Å². The summed E-state index contributed by atoms with van der Waals surface area (Å²) >= 11 is 0. The van der Waals surface area contributed by atoms with E-state index in [2.05, 4.69) is 10.6 Å². The van der Waals surface area contributed by atoms with Crippen LogP contribution < -0.4 is 15.4 Å². The summed E-state index contributed by atoms with van der Waals surface area (Å²) in [5.74, 6) is -0.680. The number of carbonyl (C=O) groups excluding carboxylic acids is 2. The second-order valence-electron chi connectivity index (χ2n) is 4.12. The quantitative estimate of drug-likeness (QED) is 0.470. The molecule has 1 amide bonds. The highest BCUT2D eigenvalue weighted by molar-refractivity contribution is 5.97. The Morgan fingerprint density at radius 3 is 3.00 bits per heavy atom. The van der Waals surface area contributed by atoms with E-state index in [0.29, 0.717) is 5.69 Å². The van der Waals surface area contributed by atoms with E-state index in [0.717, 1.165) is 0 Å². The van der Waals surface area contributed by atoms with E-state index >= 15 is 0 Å². The van der Waals surface area contributed by atoms with Crippen LogP contribution in [0.1, 0.15) is 6.92 Å². The van der Waals surface area contributed by atoms with Gasteiger partial charge in [-0.3, -0.25) is 19.7 Å². The summed E-state index contributed by atoms with van der Waals surface area (Å²) in [5.41, 5.74) is 0.148. The lowest BCUT2D eigenvalue weighted by atomic mass is 10.2. The first-order valence-electron chi connectivity index (χ1n) is 6.16. The second-order valence-corrected chi connectivity index (χ2v) is 4.12. The number of nitro benzene ring substituents is 1. The molecular formula is C12H13N3O6. The van der Waals surface area contributed by atoms with Gasteiger partial charge in [0.1, 0.15) is 12.2 Å². The van der Waals surface area contributed by atoms with Crippen LogP contribution in [0.15, 0.2) is 12.1 Å². The maximum absolute atomic E-state index is 11.3. The normalized spacial score (nSPS) is 12.7. The zero-order chi connectivity index (χ0) is 15.4. The standard InChI is InChI=1S/C12H13N3O6/c1-2-20-12(17)5-13-7-3-8-10(4-9(7)15(18)19)21-6-11(16)14-8/h3-4,13H,2,5-6H2,1H3,(H,14,16). The molecule has 0 unspecified atom stereocenters. The van der Waals surface area contributed by atoms with Crippen LogP contribution in [0.25, 0.3) is 0 Å². The van der Waals surface area contributed by atoms with Gasteiger partial charge in [-0.2, -0.15) is 0 Å². The van der Waals surface area contributed by atoms with Crippen molar-refractivity contribution in [2.45, 2.75) is 6.92 Å². The number of amides is 1. The van der Waals surface area contributed by atoms with E-state index in [1.54, 1.807) is 6.92 Å². The van der Waals surface area contributed by atoms with Gasteiger partial charge in [-0.25, -0.2) is 0 Å². The van der Waals surface area contributed by atoms with E-state index in [4.69, 9.17) is 9.47 Å². The highest BCUT2D eigenvalue weighted by Crippen LogP contribution is 2.37. The fraction of sp³-hybridized carbons (Fsp3) is 0.333. The lowest BCUT2D eigenvalue weighted by Crippen LogP contribution is -2.25. The van der Waals surface area contributed by atoms with Crippen molar-refractivity contribution in [1.82, 2.24) is 0 Å². The Hall–Kier alpha value is -2.84. The maximum atomic E-state index is 11.3. The number of esters is 1. The number of nitrogens with one attached hydrogen (secondary N) is 2. The van der Waals surface area contributed by atoms with Crippen molar-refractivity contribution in [1.29, 1.82) is 0 Å². The third-order valence-electron chi connectivity index (χ3n) is 2.66. The summed E-state index contributed by atoms with van der Waals surface area (Å²) in [7, 11) is 0. The Kier molecular flexibility index (Phi) is 4.21. The summed E-state index contributed by atoms with van der Waals surface area (Å²) in [6.45, 7) is 1.46. The van der Waals surface area contributed by atoms with Gasteiger partial charge in [0.05, 0.1) is 23.3 Å². The van der Waals surface area contributed by atoms with Gasteiger partial charge in [-0.05, 0) is 13.0 Å². The molecule has 112 valence electrons. The number of nitrogens with zero attached hydrogens (tertiary/aromatic N) is 1. The minimum Gasteiger partial charge on any atom is -0.481 e. The van der Waals surface area contributed by atoms with E-state index in [1.165, 1.54) is 12.1 Å². The van der Waals surface area contributed by atoms with Crippen molar-refractivity contribution in [2.24, 2.45) is 0 Å². The van der Waals surface area contributed by atoms with Crippen molar-refractivity contribution in [3.8, 4) is 5.75 Å². The summed E-state index contributed by atoms with van der Waals surface area (Å²) in [6.07, 6.45) is 0. The van der Waals surface area contributed by atoms with E-state index in [1.807, 2.05) is 0 Å². The van der Waals surface area contributed by atoms with Crippen LogP contribution in [-0.4, -0.2) is 36.6 Å². The lowest BCUT2D eigenvalue weighted by molar-refractivity contribution is -0.384. The Morgan fingerprint density at radius 1 is 1.57 bits per heavy atom. The first-order chi connectivity index (χ1) is 10.0. The molecule has 2 N–H and O–H groups in total. The minimum absolute atomic E-state index is 0.0950. The Bertz CT molecular complexity index is 601. The van der Waals surface area contributed by atoms with Crippen molar-refractivity contribution in [3.05, 3.63) is 22.2 Å². The fourth-order valence-electron chi connectivity index (χ4n) is 1.79. The number of nitro groups is 1. The number of hydrogen-bond acceptors (Lipinski definition) is 7. The maximum Gasteiger partial charge on any atom is 0.325 e. The first-order valence-corrected chi connectivity index (χ1v) is 6.16. The third kappa shape index (κ3) is 3.38. The molecule has 9 heteroatoms. The monoisotopic (exact) mass is 295 g/mol. The highest BCUT2D eigenvalue weighted by Gasteiger charge is 2.24. The summed E-state index contributed by atoms with van der Waals surface area (Å²) in [5, 5.41) is 16.2. The van der Waals surface area contributed by atoms with E-state index in [-0.39, 0.29) is 42.8 Å². The number of ether oxygens (including phenoxy) is 2. The van der Waals surface area contributed by atoms with Gasteiger partial charge < -0.3 is 20.1 Å². The number of hydrogen-bond donors (Lipinski definition) is 2. The molecule has 0 saturated heterocycles. The molecule has 0 aliphatic carbocycles. The van der Waals surface area contributed by atoms with Gasteiger partial charge in [0.25, 0.3) is 11.6 Å². The predicted molar refractivity (Wildman–Crippen MR) is 72.3 cm³/mol. The average Bonchev–Trinajstić information content (AvgIpc) is 2.44. The number of benzene rings is 1. The molecule has 2 rings (SSSR count). The molecule has 0 atom stereocenters. The van der Waals surface area contributed by atoms with Gasteiger partial charge in [0.15, 0.2) is 12.4 Å². The number of rotatable bonds is 5. The molecule has 0 fully saturated rings. The molecule has 1 aliphatic rings. The molecule has 1 aromatic carbocycles. The molecule has 21 heavy (non-hydrogen) atoms. The molecular weight excluding hydrogens is 282 g/mol. The number of carbonyl (C=O) groups is 2. The van der Waals surface area contributed by atoms with Crippen molar-refractivity contribution >= 4 is 28.9 Å². The molecule has 0 aromatic heterocycles. The Labute approximate surface area is 119 Å². The Morgan fingerprint density at radius 2 is 2.33 bits per heavy atom. The third-order valence-corrected chi connectivity index (χ3v) is 2.66. The Balaban J connectivity index is 2.25. The van der Waals surface area contributed by atoms with Crippen molar-refractivity contribution in [3.63, 3.8) is 0 Å². The van der Waals surface area contributed by atoms with Gasteiger partial charge in [0.2, 0.25) is 0 Å². The molecule has 1 heterocycles. The smallest absolute Gasteiger partial charge is 0.325 e. The topological polar surface area (TPSA) is 120 Å². The number of anilines is 2. The average molecular weight is 295 g/mol. The van der Waals surface area contributed by atoms with E-state index in [9.17, 15) is 19.7 Å². The van der Waals surface area contributed by atoms with E-state index < -0.39 is 10.9 Å². The molecule has 0 radical (unpaired) electrons. The lowest BCUT2D eigenvalue weighted by Gasteiger charge is -2.19. The second kappa shape index (κ2) is 6.07. The molecule has 1 aromatic rings. The molecule has 0 saturated carbocycles. The van der Waals surface area contributed by atoms with Crippen LogP contribution in [0.5, 0.6) is 5.75 Å². The van der Waals surface area contributed by atoms with Crippen LogP contribution in [-0.2, 0) is 14.3 Å². The van der Waals surface area contributed by atoms with Gasteiger partial charge in [-0.15, -0.1) is 0 Å². The predicted octanol–water partition coefficient (Wildman–Crippen LogP) is 0.901. The molecule has 9 nitrogen and oxygen atoms in total. The highest BCUT2D eigenvalue weighted by atomic mass is 16.6. The molecule has 0 spiro atoms. The summed E-state index contributed by atoms with van der Waals surface area (Å²) in [6, 6.07) is 2.55. The molecule has 1 aliphatic heterocycles. The first kappa shape index (κ1) is 14.6. The van der Waals surface area contributed by atoms with Crippen LogP contribution in [0.4, 0.5) is 17.1 Å². The summed E-state index contributed by atoms with van der Waals surface area (Å²) < 4.78 is 9.84. The zero-order valence-corrected chi connectivity index (χ0v) is 11.2. The van der Waals surface area contributed by atoms with Crippen LogP contribution in [0.3, 0.4) is 0 Å². The minimum atomic E-state index is -0.604. The van der Waals surface area contributed by atoms with Gasteiger partial charge in [-0.1, -0.05) is 0 Å².